The minimum absolute atomic E-state index is 0.447. The summed E-state index contributed by atoms with van der Waals surface area (Å²) in [5, 5.41) is 0. The van der Waals surface area contributed by atoms with Crippen LogP contribution in [0.15, 0.2) is 30.5 Å². The van der Waals surface area contributed by atoms with Gasteiger partial charge in [-0.1, -0.05) is 25.0 Å². The molecule has 0 bridgehead atoms. The van der Waals surface area contributed by atoms with Gasteiger partial charge in [0.15, 0.2) is 0 Å². The predicted octanol–water partition coefficient (Wildman–Crippen LogP) is 3.08. The molecule has 0 radical (unpaired) electrons. The molecule has 2 heterocycles. The summed E-state index contributed by atoms with van der Waals surface area (Å²) >= 11 is 0. The lowest BCUT2D eigenvalue weighted by Gasteiger charge is -2.32. The minimum atomic E-state index is 0.447. The van der Waals surface area contributed by atoms with Crippen molar-refractivity contribution in [3.63, 3.8) is 0 Å². The maximum Gasteiger partial charge on any atom is 0.0659 e. The molecule has 0 spiro atoms. The normalized spacial score (nSPS) is 27.4. The fourth-order valence-corrected chi connectivity index (χ4v) is 3.64. The van der Waals surface area contributed by atoms with Gasteiger partial charge >= 0.3 is 0 Å². The number of hydrogen-bond donors (Lipinski definition) is 1. The van der Waals surface area contributed by atoms with Crippen molar-refractivity contribution >= 4 is 5.57 Å². The molecule has 3 heteroatoms. The van der Waals surface area contributed by atoms with Gasteiger partial charge in [-0.3, -0.25) is 9.88 Å². The summed E-state index contributed by atoms with van der Waals surface area (Å²) in [6, 6.07) is 6.61. The first kappa shape index (κ1) is 14.7. The molecule has 1 aliphatic heterocycles. The van der Waals surface area contributed by atoms with Gasteiger partial charge in [0, 0.05) is 25.3 Å². The Morgan fingerprint density at radius 1 is 1.24 bits per heavy atom. The van der Waals surface area contributed by atoms with E-state index in [1.54, 1.807) is 0 Å². The molecule has 0 saturated heterocycles. The van der Waals surface area contributed by atoms with Crippen molar-refractivity contribution in [3.05, 3.63) is 36.2 Å². The molecular weight excluding hydrogens is 258 g/mol. The molecule has 2 N–H and O–H groups in total. The third kappa shape index (κ3) is 3.92. The number of pyridine rings is 1. The smallest absolute Gasteiger partial charge is 0.0659 e. The van der Waals surface area contributed by atoms with Gasteiger partial charge in [0.05, 0.1) is 5.69 Å². The molecular formula is C18H27N3. The highest BCUT2D eigenvalue weighted by atomic mass is 15.1. The van der Waals surface area contributed by atoms with Gasteiger partial charge in [-0.15, -0.1) is 0 Å². The van der Waals surface area contributed by atoms with Crippen LogP contribution in [0.1, 0.15) is 44.2 Å². The van der Waals surface area contributed by atoms with E-state index >= 15 is 0 Å². The third-order valence-corrected chi connectivity index (χ3v) is 5.07. The van der Waals surface area contributed by atoms with Gasteiger partial charge < -0.3 is 5.73 Å². The van der Waals surface area contributed by atoms with E-state index in [0.29, 0.717) is 6.04 Å². The monoisotopic (exact) mass is 285 g/mol. The van der Waals surface area contributed by atoms with Crippen molar-refractivity contribution in [1.82, 2.24) is 9.88 Å². The van der Waals surface area contributed by atoms with Crippen molar-refractivity contribution in [2.75, 3.05) is 19.6 Å². The molecule has 2 aliphatic rings. The first-order valence-electron chi connectivity index (χ1n) is 8.41. The van der Waals surface area contributed by atoms with Crippen molar-refractivity contribution in [3.8, 4) is 0 Å². The highest BCUT2D eigenvalue weighted by Gasteiger charge is 2.22. The lowest BCUT2D eigenvalue weighted by atomic mass is 9.83. The first-order valence-corrected chi connectivity index (χ1v) is 8.41. The van der Waals surface area contributed by atoms with E-state index in [9.17, 15) is 0 Å². The fourth-order valence-electron chi connectivity index (χ4n) is 3.64. The molecule has 114 valence electrons. The van der Waals surface area contributed by atoms with Crippen molar-refractivity contribution in [1.29, 1.82) is 0 Å². The first-order chi connectivity index (χ1) is 10.3. The zero-order valence-corrected chi connectivity index (χ0v) is 12.9. The standard InChI is InChI=1S/C18H27N3/c19-17-6-2-1-5-15(17)8-12-21-13-9-16(10-14-21)18-7-3-4-11-20-18/h3-4,7,9,11,15,17H,1-2,5-6,8,10,12-14,19H2. The van der Waals surface area contributed by atoms with Crippen molar-refractivity contribution < 1.29 is 0 Å². The Bertz CT molecular complexity index is 469. The molecule has 1 fully saturated rings. The average Bonchev–Trinajstić information content (AvgIpc) is 2.55. The highest BCUT2D eigenvalue weighted by molar-refractivity contribution is 5.63. The van der Waals surface area contributed by atoms with E-state index in [2.05, 4.69) is 28.1 Å². The fraction of sp³-hybridized carbons (Fsp3) is 0.611. The molecule has 3 nitrogen and oxygen atoms in total. The van der Waals surface area contributed by atoms with Crippen molar-refractivity contribution in [2.24, 2.45) is 11.7 Å². The van der Waals surface area contributed by atoms with E-state index < -0.39 is 0 Å². The topological polar surface area (TPSA) is 42.1 Å². The summed E-state index contributed by atoms with van der Waals surface area (Å²) in [6.07, 6.45) is 11.9. The van der Waals surface area contributed by atoms with Crippen LogP contribution in [0.4, 0.5) is 0 Å². The second-order valence-electron chi connectivity index (χ2n) is 6.49. The van der Waals surface area contributed by atoms with E-state index in [-0.39, 0.29) is 0 Å². The average molecular weight is 285 g/mol. The van der Waals surface area contributed by atoms with Gasteiger partial charge in [-0.2, -0.15) is 0 Å². The van der Waals surface area contributed by atoms with Crippen LogP contribution in [0.2, 0.25) is 0 Å². The summed E-state index contributed by atoms with van der Waals surface area (Å²) in [6.45, 7) is 3.42. The van der Waals surface area contributed by atoms with Crippen LogP contribution in [0.25, 0.3) is 5.57 Å². The summed E-state index contributed by atoms with van der Waals surface area (Å²) in [4.78, 5) is 7.02. The SMILES string of the molecule is NC1CCCCC1CCN1CC=C(c2ccccn2)CC1. The van der Waals surface area contributed by atoms with Crippen molar-refractivity contribution in [2.45, 2.75) is 44.6 Å². The molecule has 21 heavy (non-hydrogen) atoms. The van der Waals surface area contributed by atoms with E-state index in [0.717, 1.165) is 31.1 Å². The maximum absolute atomic E-state index is 6.25. The predicted molar refractivity (Wildman–Crippen MR) is 87.8 cm³/mol. The second-order valence-corrected chi connectivity index (χ2v) is 6.49. The number of aromatic nitrogens is 1. The van der Waals surface area contributed by atoms with Crippen LogP contribution in [0, 0.1) is 5.92 Å². The van der Waals surface area contributed by atoms with Gasteiger partial charge in [0.1, 0.15) is 0 Å². The molecule has 0 aromatic carbocycles. The van der Waals surface area contributed by atoms with E-state index in [1.807, 2.05) is 12.3 Å². The second kappa shape index (κ2) is 7.19. The maximum atomic E-state index is 6.25. The Labute approximate surface area is 128 Å². The lowest BCUT2D eigenvalue weighted by molar-refractivity contribution is 0.229. The molecule has 0 amide bonds. The van der Waals surface area contributed by atoms with Crippen LogP contribution in [-0.4, -0.2) is 35.6 Å². The molecule has 3 rings (SSSR count). The lowest BCUT2D eigenvalue weighted by Crippen LogP contribution is -2.37. The van der Waals surface area contributed by atoms with Crippen LogP contribution in [-0.2, 0) is 0 Å². The van der Waals surface area contributed by atoms with E-state index in [4.69, 9.17) is 5.73 Å². The van der Waals surface area contributed by atoms with Gasteiger partial charge in [-0.25, -0.2) is 0 Å². The quantitative estimate of drug-likeness (QED) is 0.924. The molecule has 2 atom stereocenters. The molecule has 2 unspecified atom stereocenters. The summed E-state index contributed by atoms with van der Waals surface area (Å²) in [7, 11) is 0. The third-order valence-electron chi connectivity index (χ3n) is 5.07. The zero-order chi connectivity index (χ0) is 14.5. The van der Waals surface area contributed by atoms with Crippen LogP contribution in [0.3, 0.4) is 0 Å². The highest BCUT2D eigenvalue weighted by Crippen LogP contribution is 2.27. The number of rotatable bonds is 4. The number of hydrogen-bond acceptors (Lipinski definition) is 3. The molecule has 1 aromatic rings. The van der Waals surface area contributed by atoms with Gasteiger partial charge in [-0.05, 0) is 55.9 Å². The summed E-state index contributed by atoms with van der Waals surface area (Å²) < 4.78 is 0. The zero-order valence-electron chi connectivity index (χ0n) is 12.9. The Hall–Kier alpha value is -1.19. The Morgan fingerprint density at radius 3 is 2.86 bits per heavy atom. The summed E-state index contributed by atoms with van der Waals surface area (Å²) in [5.74, 6) is 0.750. The summed E-state index contributed by atoms with van der Waals surface area (Å²) in [5.41, 5.74) is 8.80. The number of nitrogens with zero attached hydrogens (tertiary/aromatic N) is 2. The Kier molecular flexibility index (Phi) is 5.04. The Balaban J connectivity index is 1.48. The molecule has 1 saturated carbocycles. The van der Waals surface area contributed by atoms with E-state index in [1.165, 1.54) is 44.2 Å². The van der Waals surface area contributed by atoms with Crippen LogP contribution >= 0.6 is 0 Å². The van der Waals surface area contributed by atoms with Gasteiger partial charge in [0.2, 0.25) is 0 Å². The van der Waals surface area contributed by atoms with Gasteiger partial charge in [0.25, 0.3) is 0 Å². The molecule has 1 aliphatic carbocycles. The van der Waals surface area contributed by atoms with Crippen LogP contribution in [0.5, 0.6) is 0 Å². The Morgan fingerprint density at radius 2 is 2.14 bits per heavy atom. The number of nitrogens with two attached hydrogens (primary N) is 1. The minimum Gasteiger partial charge on any atom is -0.327 e. The van der Waals surface area contributed by atoms with Crippen LogP contribution < -0.4 is 5.73 Å². The largest absolute Gasteiger partial charge is 0.327 e. The molecule has 1 aromatic heterocycles.